The van der Waals surface area contributed by atoms with Crippen LogP contribution in [0.3, 0.4) is 0 Å². The Labute approximate surface area is 162 Å². The van der Waals surface area contributed by atoms with E-state index in [1.807, 2.05) is 55.5 Å². The van der Waals surface area contributed by atoms with Crippen LogP contribution in [0.25, 0.3) is 10.8 Å². The molecule has 1 heterocycles. The molecule has 4 aromatic rings. The number of carbonyl (C=O) groups is 1. The topological polar surface area (TPSA) is 77.2 Å². The summed E-state index contributed by atoms with van der Waals surface area (Å²) in [5, 5.41) is 5.12. The summed E-state index contributed by atoms with van der Waals surface area (Å²) in [6.07, 6.45) is 1.58. The van der Waals surface area contributed by atoms with Crippen molar-refractivity contribution in [3.63, 3.8) is 0 Å². The first-order valence-electron chi connectivity index (χ1n) is 8.89. The maximum Gasteiger partial charge on any atom is 0.259 e. The van der Waals surface area contributed by atoms with E-state index in [0.29, 0.717) is 17.0 Å². The first kappa shape index (κ1) is 17.5. The molecule has 0 bridgehead atoms. The first-order chi connectivity index (χ1) is 13.6. The highest BCUT2D eigenvalue weighted by Gasteiger charge is 2.14. The van der Waals surface area contributed by atoms with Crippen molar-refractivity contribution in [1.29, 1.82) is 0 Å². The van der Waals surface area contributed by atoms with E-state index >= 15 is 0 Å². The molecule has 3 N–H and O–H groups in total. The third kappa shape index (κ3) is 3.64. The predicted octanol–water partition coefficient (Wildman–Crippen LogP) is 5.17. The largest absolute Gasteiger partial charge is 0.457 e. The number of benzene rings is 3. The van der Waals surface area contributed by atoms with Gasteiger partial charge in [0.1, 0.15) is 17.3 Å². The zero-order valence-corrected chi connectivity index (χ0v) is 15.3. The van der Waals surface area contributed by atoms with Gasteiger partial charge in [-0.25, -0.2) is 4.98 Å². The molecule has 1 aromatic heterocycles. The summed E-state index contributed by atoms with van der Waals surface area (Å²) >= 11 is 0. The monoisotopic (exact) mass is 369 g/mol. The number of nitrogens with one attached hydrogen (secondary N) is 1. The molecule has 0 spiro atoms. The molecule has 0 aliphatic carbocycles. The number of hydrogen-bond acceptors (Lipinski definition) is 4. The minimum atomic E-state index is -0.286. The molecule has 0 saturated carbocycles. The van der Waals surface area contributed by atoms with Crippen LogP contribution in [-0.2, 0) is 0 Å². The molecule has 0 aliphatic heterocycles. The number of rotatable bonds is 4. The van der Waals surface area contributed by atoms with Gasteiger partial charge in [-0.3, -0.25) is 4.79 Å². The fraction of sp³-hybridized carbons (Fsp3) is 0.0435. The minimum absolute atomic E-state index is 0.216. The average molecular weight is 369 g/mol. The van der Waals surface area contributed by atoms with E-state index in [-0.39, 0.29) is 11.7 Å². The Bertz CT molecular complexity index is 1130. The quantitative estimate of drug-likeness (QED) is 0.520. The van der Waals surface area contributed by atoms with E-state index in [1.165, 1.54) is 0 Å². The van der Waals surface area contributed by atoms with Gasteiger partial charge in [0.05, 0.1) is 5.56 Å². The maximum absolute atomic E-state index is 12.5. The average Bonchev–Trinajstić information content (AvgIpc) is 2.69. The van der Waals surface area contributed by atoms with Gasteiger partial charge in [0, 0.05) is 11.9 Å². The number of aryl methyl sites for hydroxylation is 1. The Morgan fingerprint density at radius 1 is 0.929 bits per heavy atom. The van der Waals surface area contributed by atoms with Crippen molar-refractivity contribution in [2.45, 2.75) is 6.92 Å². The Morgan fingerprint density at radius 3 is 2.39 bits per heavy atom. The van der Waals surface area contributed by atoms with Crippen LogP contribution in [0.5, 0.6) is 11.5 Å². The molecule has 5 nitrogen and oxygen atoms in total. The van der Waals surface area contributed by atoms with Crippen LogP contribution in [0, 0.1) is 6.92 Å². The van der Waals surface area contributed by atoms with Crippen LogP contribution >= 0.6 is 0 Å². The Kier molecular flexibility index (Phi) is 4.64. The lowest BCUT2D eigenvalue weighted by atomic mass is 10.1. The van der Waals surface area contributed by atoms with Crippen molar-refractivity contribution < 1.29 is 9.53 Å². The number of aromatic nitrogens is 1. The molecule has 0 saturated heterocycles. The number of amides is 1. The lowest BCUT2D eigenvalue weighted by molar-refractivity contribution is 0.102. The molecule has 5 heteroatoms. The summed E-state index contributed by atoms with van der Waals surface area (Å²) in [6, 6.07) is 23.0. The summed E-state index contributed by atoms with van der Waals surface area (Å²) in [6.45, 7) is 1.83. The number of hydrogen-bond donors (Lipinski definition) is 2. The molecular formula is C23H19N3O2. The fourth-order valence-electron chi connectivity index (χ4n) is 3.04. The van der Waals surface area contributed by atoms with Gasteiger partial charge < -0.3 is 15.8 Å². The maximum atomic E-state index is 12.5. The summed E-state index contributed by atoms with van der Waals surface area (Å²) in [4.78, 5) is 16.5. The zero-order chi connectivity index (χ0) is 19.5. The summed E-state index contributed by atoms with van der Waals surface area (Å²) in [5.41, 5.74) is 7.65. The number of ether oxygens (including phenoxy) is 1. The molecule has 0 unspecified atom stereocenters. The van der Waals surface area contributed by atoms with E-state index in [0.717, 1.165) is 22.1 Å². The van der Waals surface area contributed by atoms with Crippen molar-refractivity contribution in [3.05, 3.63) is 90.1 Å². The number of fused-ring (bicyclic) bond motifs is 1. The minimum Gasteiger partial charge on any atom is -0.457 e. The highest BCUT2D eigenvalue weighted by Crippen LogP contribution is 2.27. The normalized spacial score (nSPS) is 10.6. The molecule has 138 valence electrons. The summed E-state index contributed by atoms with van der Waals surface area (Å²) < 4.78 is 5.93. The number of anilines is 2. The van der Waals surface area contributed by atoms with Gasteiger partial charge in [0.15, 0.2) is 0 Å². The number of nitrogens with zero attached hydrogens (tertiary/aromatic N) is 1. The van der Waals surface area contributed by atoms with Gasteiger partial charge in [-0.05, 0) is 65.7 Å². The van der Waals surface area contributed by atoms with Crippen molar-refractivity contribution in [2.75, 3.05) is 11.1 Å². The Balaban J connectivity index is 1.48. The molecular weight excluding hydrogens is 350 g/mol. The highest BCUT2D eigenvalue weighted by molar-refractivity contribution is 6.08. The van der Waals surface area contributed by atoms with Crippen LogP contribution in [0.2, 0.25) is 0 Å². The molecule has 3 aromatic carbocycles. The third-order valence-corrected chi connectivity index (χ3v) is 4.48. The molecule has 0 fully saturated rings. The smallest absolute Gasteiger partial charge is 0.259 e. The SMILES string of the molecule is Cc1ccnc(N)c1C(=O)Nc1ccc(Oc2ccc3ccccc3c2)cc1. The summed E-state index contributed by atoms with van der Waals surface area (Å²) in [5.74, 6) is 1.37. The Morgan fingerprint density at radius 2 is 1.64 bits per heavy atom. The molecule has 0 radical (unpaired) electrons. The van der Waals surface area contributed by atoms with Gasteiger partial charge >= 0.3 is 0 Å². The van der Waals surface area contributed by atoms with Crippen LogP contribution in [-0.4, -0.2) is 10.9 Å². The predicted molar refractivity (Wildman–Crippen MR) is 112 cm³/mol. The second-order valence-corrected chi connectivity index (χ2v) is 6.48. The second kappa shape index (κ2) is 7.40. The van der Waals surface area contributed by atoms with Crippen molar-refractivity contribution >= 4 is 28.2 Å². The molecule has 0 aliphatic rings. The van der Waals surface area contributed by atoms with Crippen LogP contribution in [0.1, 0.15) is 15.9 Å². The number of nitrogens with two attached hydrogens (primary N) is 1. The molecule has 0 atom stereocenters. The standard InChI is InChI=1S/C23H19N3O2/c1-15-12-13-25-22(24)21(15)23(27)26-18-7-10-19(11-8-18)28-20-9-6-16-4-2-3-5-17(16)14-20/h2-14H,1H3,(H2,24,25)(H,26,27). The first-order valence-corrected chi connectivity index (χ1v) is 8.89. The summed E-state index contributed by atoms with van der Waals surface area (Å²) in [7, 11) is 0. The van der Waals surface area contributed by atoms with E-state index in [9.17, 15) is 4.79 Å². The van der Waals surface area contributed by atoms with Gasteiger partial charge in [-0.2, -0.15) is 0 Å². The third-order valence-electron chi connectivity index (χ3n) is 4.48. The van der Waals surface area contributed by atoms with Crippen LogP contribution < -0.4 is 15.8 Å². The fourth-order valence-corrected chi connectivity index (χ4v) is 3.04. The van der Waals surface area contributed by atoms with Gasteiger partial charge in [0.2, 0.25) is 0 Å². The lowest BCUT2D eigenvalue weighted by Gasteiger charge is -2.11. The molecule has 1 amide bonds. The number of carbonyl (C=O) groups excluding carboxylic acids is 1. The Hall–Kier alpha value is -3.86. The van der Waals surface area contributed by atoms with Crippen LogP contribution in [0.15, 0.2) is 79.0 Å². The zero-order valence-electron chi connectivity index (χ0n) is 15.3. The number of pyridine rings is 1. The number of nitrogen functional groups attached to an aromatic ring is 1. The van der Waals surface area contributed by atoms with Crippen molar-refractivity contribution in [2.24, 2.45) is 0 Å². The van der Waals surface area contributed by atoms with Gasteiger partial charge in [-0.15, -0.1) is 0 Å². The van der Waals surface area contributed by atoms with E-state index < -0.39 is 0 Å². The van der Waals surface area contributed by atoms with Gasteiger partial charge in [-0.1, -0.05) is 30.3 Å². The van der Waals surface area contributed by atoms with Crippen molar-refractivity contribution in [3.8, 4) is 11.5 Å². The highest BCUT2D eigenvalue weighted by atomic mass is 16.5. The van der Waals surface area contributed by atoms with Gasteiger partial charge in [0.25, 0.3) is 5.91 Å². The lowest BCUT2D eigenvalue weighted by Crippen LogP contribution is -2.16. The van der Waals surface area contributed by atoms with E-state index in [1.54, 1.807) is 24.4 Å². The van der Waals surface area contributed by atoms with E-state index in [2.05, 4.69) is 16.4 Å². The van der Waals surface area contributed by atoms with Crippen molar-refractivity contribution in [1.82, 2.24) is 4.98 Å². The van der Waals surface area contributed by atoms with Crippen LogP contribution in [0.4, 0.5) is 11.5 Å². The molecule has 28 heavy (non-hydrogen) atoms. The molecule has 4 rings (SSSR count). The van der Waals surface area contributed by atoms with E-state index in [4.69, 9.17) is 10.5 Å². The second-order valence-electron chi connectivity index (χ2n) is 6.48.